The second-order valence-corrected chi connectivity index (χ2v) is 5.46. The highest BCUT2D eigenvalue weighted by Gasteiger charge is 2.34. The zero-order valence-corrected chi connectivity index (χ0v) is 11.4. The summed E-state index contributed by atoms with van der Waals surface area (Å²) >= 11 is 0. The van der Waals surface area contributed by atoms with Crippen LogP contribution in [0.1, 0.15) is 6.42 Å². The number of esters is 1. The van der Waals surface area contributed by atoms with Gasteiger partial charge in [-0.05, 0) is 0 Å². The van der Waals surface area contributed by atoms with E-state index in [2.05, 4.69) is 11.3 Å². The molecular formula is C7H12O11S2. The predicted molar refractivity (Wildman–Crippen MR) is 62.9 cm³/mol. The molecule has 0 aliphatic rings. The largest absolute Gasteiger partial charge is 0.481 e. The summed E-state index contributed by atoms with van der Waals surface area (Å²) in [4.78, 5) is 21.2. The topological polar surface area (TPSA) is 193 Å². The van der Waals surface area contributed by atoms with E-state index in [0.717, 1.165) is 0 Å². The van der Waals surface area contributed by atoms with Crippen molar-refractivity contribution in [1.82, 2.24) is 0 Å². The molecule has 0 radical (unpaired) electrons. The lowest BCUT2D eigenvalue weighted by atomic mass is 10.3. The van der Waals surface area contributed by atoms with Crippen molar-refractivity contribution >= 4 is 32.5 Å². The molecule has 0 saturated heterocycles. The van der Waals surface area contributed by atoms with Crippen molar-refractivity contribution in [2.75, 3.05) is 6.61 Å². The summed E-state index contributed by atoms with van der Waals surface area (Å²) in [5.41, 5.74) is 0. The lowest BCUT2D eigenvalue weighted by molar-refractivity contribution is -0.146. The van der Waals surface area contributed by atoms with E-state index in [0.29, 0.717) is 0 Å². The average Bonchev–Trinajstić information content (AvgIpc) is 2.18. The number of ether oxygens (including phenoxy) is 1. The molecule has 20 heavy (non-hydrogen) atoms. The summed E-state index contributed by atoms with van der Waals surface area (Å²) in [7, 11) is -9.45. The van der Waals surface area contributed by atoms with Crippen LogP contribution in [-0.2, 0) is 34.8 Å². The van der Waals surface area contributed by atoms with Gasteiger partial charge in [0.05, 0.1) is 6.42 Å². The zero-order valence-electron chi connectivity index (χ0n) is 9.74. The van der Waals surface area contributed by atoms with E-state index in [9.17, 15) is 18.0 Å². The van der Waals surface area contributed by atoms with E-state index >= 15 is 0 Å². The molecular weight excluding hydrogens is 324 g/mol. The summed E-state index contributed by atoms with van der Waals surface area (Å²) in [5.74, 6) is -2.85. The van der Waals surface area contributed by atoms with E-state index in [4.69, 9.17) is 27.2 Å². The number of carbonyl (C=O) groups is 2. The van der Waals surface area contributed by atoms with Crippen molar-refractivity contribution in [3.63, 3.8) is 0 Å². The Morgan fingerprint density at radius 3 is 1.80 bits per heavy atom. The number of hydrogen-bond donors (Lipinski definition) is 4. The van der Waals surface area contributed by atoms with Gasteiger partial charge in [-0.2, -0.15) is 16.8 Å². The van der Waals surface area contributed by atoms with Crippen molar-refractivity contribution in [2.24, 2.45) is 0 Å². The standard InChI is InChI=1S/C7H10O7S.H2O4S/c1-2-3-14-7(10)5(4-6(8)9)15(11,12)13;1-5(2,3)4/h2,5H,1,3-4H2,(H,8,9)(H,11,12,13);(H2,1,2,3,4). The first kappa shape index (κ1) is 20.8. The molecule has 0 saturated carbocycles. The second-order valence-electron chi connectivity index (χ2n) is 2.97. The van der Waals surface area contributed by atoms with Crippen molar-refractivity contribution < 1.29 is 49.9 Å². The first-order chi connectivity index (χ1) is 8.79. The Bertz CT molecular complexity index is 535. The van der Waals surface area contributed by atoms with Gasteiger partial charge in [0.1, 0.15) is 6.61 Å². The fraction of sp³-hybridized carbons (Fsp3) is 0.429. The molecule has 13 heteroatoms. The van der Waals surface area contributed by atoms with E-state index in [1.165, 1.54) is 6.08 Å². The van der Waals surface area contributed by atoms with Crippen LogP contribution in [0.4, 0.5) is 0 Å². The molecule has 4 N–H and O–H groups in total. The maximum absolute atomic E-state index is 11.0. The molecule has 0 aliphatic carbocycles. The third-order valence-electron chi connectivity index (χ3n) is 1.33. The minimum absolute atomic E-state index is 0.259. The van der Waals surface area contributed by atoms with Gasteiger partial charge in [0.25, 0.3) is 10.1 Å². The van der Waals surface area contributed by atoms with Crippen LogP contribution in [-0.4, -0.2) is 59.4 Å². The smallest absolute Gasteiger partial charge is 0.394 e. The van der Waals surface area contributed by atoms with E-state index in [1.54, 1.807) is 0 Å². The van der Waals surface area contributed by atoms with Crippen LogP contribution in [0.15, 0.2) is 12.7 Å². The van der Waals surface area contributed by atoms with Gasteiger partial charge in [-0.1, -0.05) is 12.7 Å². The SMILES string of the molecule is C=CCOC(=O)C(CC(=O)O)S(=O)(=O)O.O=S(=O)(O)O. The minimum atomic E-state index is -4.78. The number of aliphatic carboxylic acids is 1. The number of carbonyl (C=O) groups excluding carboxylic acids is 1. The average molecular weight is 336 g/mol. The van der Waals surface area contributed by atoms with Gasteiger partial charge < -0.3 is 9.84 Å². The van der Waals surface area contributed by atoms with Crippen LogP contribution in [0.2, 0.25) is 0 Å². The quantitative estimate of drug-likeness (QED) is 0.258. The van der Waals surface area contributed by atoms with Gasteiger partial charge >= 0.3 is 22.3 Å². The predicted octanol–water partition coefficient (Wildman–Crippen LogP) is -1.21. The van der Waals surface area contributed by atoms with Crippen LogP contribution >= 0.6 is 0 Å². The molecule has 0 amide bonds. The lowest BCUT2D eigenvalue weighted by Gasteiger charge is -2.09. The van der Waals surface area contributed by atoms with Gasteiger partial charge in [-0.15, -0.1) is 0 Å². The number of carboxylic acid groups (broad SMARTS) is 1. The first-order valence-corrected chi connectivity index (χ1v) is 7.34. The first-order valence-electron chi connectivity index (χ1n) is 4.44. The number of rotatable bonds is 6. The summed E-state index contributed by atoms with van der Waals surface area (Å²) in [6.45, 7) is 2.95. The van der Waals surface area contributed by atoms with Gasteiger partial charge in [0, 0.05) is 0 Å². The second kappa shape index (κ2) is 8.60. The molecule has 11 nitrogen and oxygen atoms in total. The van der Waals surface area contributed by atoms with Crippen LogP contribution in [0, 0.1) is 0 Å². The van der Waals surface area contributed by atoms with E-state index in [-0.39, 0.29) is 6.61 Å². The van der Waals surface area contributed by atoms with Gasteiger partial charge in [-0.3, -0.25) is 23.2 Å². The monoisotopic (exact) mass is 336 g/mol. The molecule has 0 rings (SSSR count). The van der Waals surface area contributed by atoms with Crippen LogP contribution in [0.5, 0.6) is 0 Å². The van der Waals surface area contributed by atoms with Crippen molar-refractivity contribution in [3.05, 3.63) is 12.7 Å². The summed E-state index contributed by atoms with van der Waals surface area (Å²) in [5, 5.41) is 6.22. The maximum Gasteiger partial charge on any atom is 0.394 e. The Morgan fingerprint density at radius 1 is 1.15 bits per heavy atom. The van der Waals surface area contributed by atoms with Crippen LogP contribution < -0.4 is 0 Å². The highest BCUT2D eigenvalue weighted by atomic mass is 32.3. The molecule has 0 aliphatic heterocycles. The fourth-order valence-electron chi connectivity index (χ4n) is 0.703. The maximum atomic E-state index is 11.0. The molecule has 1 unspecified atom stereocenters. The molecule has 118 valence electrons. The third kappa shape index (κ3) is 14.5. The molecule has 0 fully saturated rings. The molecule has 0 aromatic rings. The van der Waals surface area contributed by atoms with Crippen LogP contribution in [0.3, 0.4) is 0 Å². The third-order valence-corrected chi connectivity index (χ3v) is 2.40. The molecule has 1 atom stereocenters. The van der Waals surface area contributed by atoms with Crippen molar-refractivity contribution in [1.29, 1.82) is 0 Å². The fourth-order valence-corrected chi connectivity index (χ4v) is 1.37. The molecule has 0 spiro atoms. The van der Waals surface area contributed by atoms with E-state index < -0.39 is 44.1 Å². The summed E-state index contributed by atoms with van der Waals surface area (Å²) in [6, 6.07) is 0. The van der Waals surface area contributed by atoms with Gasteiger partial charge in [-0.25, -0.2) is 0 Å². The molecule has 0 heterocycles. The highest BCUT2D eigenvalue weighted by molar-refractivity contribution is 7.87. The van der Waals surface area contributed by atoms with E-state index in [1.807, 2.05) is 0 Å². The Labute approximate surface area is 114 Å². The minimum Gasteiger partial charge on any atom is -0.481 e. The van der Waals surface area contributed by atoms with Gasteiger partial charge in [0.15, 0.2) is 5.25 Å². The molecule has 0 aromatic heterocycles. The molecule has 0 bridgehead atoms. The highest BCUT2D eigenvalue weighted by Crippen LogP contribution is 2.07. The lowest BCUT2D eigenvalue weighted by Crippen LogP contribution is -2.33. The summed E-state index contributed by atoms with van der Waals surface area (Å²) in [6.07, 6.45) is 0.133. The number of hydrogen-bond acceptors (Lipinski definition) is 7. The van der Waals surface area contributed by atoms with Crippen molar-refractivity contribution in [3.8, 4) is 0 Å². The van der Waals surface area contributed by atoms with Crippen molar-refractivity contribution in [2.45, 2.75) is 11.7 Å². The van der Waals surface area contributed by atoms with Gasteiger partial charge in [0.2, 0.25) is 0 Å². The normalized spacial score (nSPS) is 12.6. The summed E-state index contributed by atoms with van der Waals surface area (Å²) < 4.78 is 65.8. The van der Waals surface area contributed by atoms with Crippen LogP contribution in [0.25, 0.3) is 0 Å². The zero-order chi connectivity index (χ0) is 16.6. The molecule has 0 aromatic carbocycles. The Hall–Kier alpha value is -1.54. The Kier molecular flexibility index (Phi) is 8.93. The number of carboxylic acids is 1. The Morgan fingerprint density at radius 2 is 1.55 bits per heavy atom. The Balaban J connectivity index is 0.